The lowest BCUT2D eigenvalue weighted by Crippen LogP contribution is -2.33. The minimum absolute atomic E-state index is 0.0310. The fraction of sp³-hybridized carbons (Fsp3) is 0.750. The van der Waals surface area contributed by atoms with Crippen LogP contribution < -0.4 is 11.1 Å². The van der Waals surface area contributed by atoms with E-state index in [9.17, 15) is 4.79 Å². The van der Waals surface area contributed by atoms with Crippen molar-refractivity contribution in [2.24, 2.45) is 5.73 Å². The van der Waals surface area contributed by atoms with Crippen molar-refractivity contribution in [3.8, 4) is 11.8 Å². The Morgan fingerprint density at radius 1 is 1.44 bits per heavy atom. The second-order valence-electron chi connectivity index (χ2n) is 3.83. The molecule has 90 valence electrons. The molecule has 1 aliphatic carbocycles. The molecule has 4 heteroatoms. The highest BCUT2D eigenvalue weighted by molar-refractivity contribution is 5.77. The Bertz CT molecular complexity index is 268. The highest BCUT2D eigenvalue weighted by atomic mass is 16.5. The first-order chi connectivity index (χ1) is 7.83. The Morgan fingerprint density at radius 3 is 3.12 bits per heavy atom. The minimum atomic E-state index is -0.146. The first-order valence-electron chi connectivity index (χ1n) is 5.89. The van der Waals surface area contributed by atoms with Crippen molar-refractivity contribution in [3.63, 3.8) is 0 Å². The van der Waals surface area contributed by atoms with Crippen molar-refractivity contribution >= 4 is 5.91 Å². The molecule has 0 aromatic rings. The third kappa shape index (κ3) is 5.74. The predicted octanol–water partition coefficient (Wildman–Crippen LogP) is 0.414. The summed E-state index contributed by atoms with van der Waals surface area (Å²) in [5.41, 5.74) is 5.16. The lowest BCUT2D eigenvalue weighted by atomic mass is 10.1. The summed E-state index contributed by atoms with van der Waals surface area (Å²) in [4.78, 5) is 10.8. The van der Waals surface area contributed by atoms with Gasteiger partial charge >= 0.3 is 0 Å². The summed E-state index contributed by atoms with van der Waals surface area (Å²) < 4.78 is 5.58. The van der Waals surface area contributed by atoms with Crippen LogP contribution in [-0.2, 0) is 9.53 Å². The van der Waals surface area contributed by atoms with Gasteiger partial charge in [0, 0.05) is 13.0 Å². The monoisotopic (exact) mass is 224 g/mol. The number of ether oxygens (including phenoxy) is 1. The third-order valence-electron chi connectivity index (χ3n) is 2.46. The molecule has 0 aromatic carbocycles. The van der Waals surface area contributed by atoms with Crippen LogP contribution in [0, 0.1) is 11.8 Å². The molecule has 0 spiro atoms. The molecule has 0 saturated carbocycles. The van der Waals surface area contributed by atoms with E-state index in [0.717, 1.165) is 12.8 Å². The van der Waals surface area contributed by atoms with E-state index in [4.69, 9.17) is 10.5 Å². The largest absolute Gasteiger partial charge is 0.364 e. The van der Waals surface area contributed by atoms with Gasteiger partial charge in [0.1, 0.15) is 6.10 Å². The topological polar surface area (TPSA) is 64.4 Å². The molecule has 1 atom stereocenters. The molecule has 1 aliphatic rings. The number of nitrogens with two attached hydrogens (primary N) is 1. The maximum absolute atomic E-state index is 10.8. The molecule has 0 saturated heterocycles. The quantitative estimate of drug-likeness (QED) is 0.525. The highest BCUT2D eigenvalue weighted by Crippen LogP contribution is 2.10. The van der Waals surface area contributed by atoms with Crippen molar-refractivity contribution < 1.29 is 9.53 Å². The van der Waals surface area contributed by atoms with Gasteiger partial charge in [-0.1, -0.05) is 12.3 Å². The van der Waals surface area contributed by atoms with Crippen molar-refractivity contribution in [1.82, 2.24) is 5.32 Å². The van der Waals surface area contributed by atoms with Crippen LogP contribution in [-0.4, -0.2) is 31.7 Å². The lowest BCUT2D eigenvalue weighted by molar-refractivity contribution is -0.120. The Labute approximate surface area is 96.9 Å². The van der Waals surface area contributed by atoms with Crippen LogP contribution in [0.15, 0.2) is 0 Å². The molecule has 16 heavy (non-hydrogen) atoms. The summed E-state index contributed by atoms with van der Waals surface area (Å²) in [6.07, 6.45) is 5.62. The number of rotatable bonds is 5. The number of nitrogens with one attached hydrogen (secondary N) is 1. The Morgan fingerprint density at radius 2 is 2.31 bits per heavy atom. The molecule has 0 bridgehead atoms. The zero-order chi connectivity index (χ0) is 11.6. The van der Waals surface area contributed by atoms with Gasteiger partial charge in [-0.2, -0.15) is 0 Å². The van der Waals surface area contributed by atoms with Crippen molar-refractivity contribution in [1.29, 1.82) is 0 Å². The van der Waals surface area contributed by atoms with E-state index < -0.39 is 0 Å². The van der Waals surface area contributed by atoms with E-state index in [-0.39, 0.29) is 18.6 Å². The van der Waals surface area contributed by atoms with E-state index >= 15 is 0 Å². The van der Waals surface area contributed by atoms with Gasteiger partial charge in [-0.15, -0.1) is 5.92 Å². The number of hydrogen-bond acceptors (Lipinski definition) is 3. The molecule has 0 radical (unpaired) electrons. The van der Waals surface area contributed by atoms with E-state index in [1.165, 1.54) is 19.3 Å². The normalized spacial score (nSPS) is 20.2. The van der Waals surface area contributed by atoms with Gasteiger partial charge < -0.3 is 15.8 Å². The lowest BCUT2D eigenvalue weighted by Gasteiger charge is -2.13. The maximum Gasteiger partial charge on any atom is 0.233 e. The summed E-state index contributed by atoms with van der Waals surface area (Å²) >= 11 is 0. The van der Waals surface area contributed by atoms with Crippen LogP contribution in [0.1, 0.15) is 32.1 Å². The number of hydrogen-bond donors (Lipinski definition) is 2. The van der Waals surface area contributed by atoms with E-state index in [0.29, 0.717) is 13.2 Å². The number of amides is 1. The van der Waals surface area contributed by atoms with Crippen LogP contribution in [0.2, 0.25) is 0 Å². The molecule has 0 fully saturated rings. The van der Waals surface area contributed by atoms with Crippen LogP contribution in [0.5, 0.6) is 0 Å². The van der Waals surface area contributed by atoms with Crippen LogP contribution in [0.4, 0.5) is 0 Å². The van der Waals surface area contributed by atoms with Crippen LogP contribution in [0.25, 0.3) is 0 Å². The van der Waals surface area contributed by atoms with Gasteiger partial charge in [-0.3, -0.25) is 4.79 Å². The average Bonchev–Trinajstić information content (AvgIpc) is 2.26. The van der Waals surface area contributed by atoms with Crippen molar-refractivity contribution in [2.75, 3.05) is 19.7 Å². The van der Waals surface area contributed by atoms with Gasteiger partial charge in [0.05, 0.1) is 13.2 Å². The average molecular weight is 224 g/mol. The minimum Gasteiger partial charge on any atom is -0.364 e. The van der Waals surface area contributed by atoms with Crippen molar-refractivity contribution in [2.45, 2.75) is 38.2 Å². The molecular formula is C12H20N2O2. The highest BCUT2D eigenvalue weighted by Gasteiger charge is 2.06. The van der Waals surface area contributed by atoms with E-state index in [1.54, 1.807) is 0 Å². The van der Waals surface area contributed by atoms with Crippen molar-refractivity contribution in [3.05, 3.63) is 0 Å². The number of carbonyl (C=O) groups excluding carboxylic acids is 1. The summed E-state index contributed by atoms with van der Waals surface area (Å²) in [6, 6.07) is 0. The fourth-order valence-electron chi connectivity index (χ4n) is 1.57. The van der Waals surface area contributed by atoms with Gasteiger partial charge in [0.2, 0.25) is 5.91 Å². The summed E-state index contributed by atoms with van der Waals surface area (Å²) in [7, 11) is 0. The zero-order valence-corrected chi connectivity index (χ0v) is 9.63. The molecule has 1 amide bonds. The fourth-order valence-corrected chi connectivity index (χ4v) is 1.57. The smallest absolute Gasteiger partial charge is 0.233 e. The molecule has 0 aromatic heterocycles. The summed E-state index contributed by atoms with van der Waals surface area (Å²) in [5, 5.41) is 2.66. The van der Waals surface area contributed by atoms with Gasteiger partial charge in [0.15, 0.2) is 0 Å². The first-order valence-corrected chi connectivity index (χ1v) is 5.89. The second kappa shape index (κ2) is 8.14. The SMILES string of the molecule is NCC(=O)NCCOC1C#CCCCCC1. The zero-order valence-electron chi connectivity index (χ0n) is 9.63. The van der Waals surface area contributed by atoms with Crippen LogP contribution in [0.3, 0.4) is 0 Å². The van der Waals surface area contributed by atoms with E-state index in [2.05, 4.69) is 17.2 Å². The molecule has 3 N–H and O–H groups in total. The van der Waals surface area contributed by atoms with E-state index in [1.807, 2.05) is 0 Å². The summed E-state index contributed by atoms with van der Waals surface area (Å²) in [6.45, 7) is 1.04. The first kappa shape index (κ1) is 13.0. The molecule has 0 heterocycles. The predicted molar refractivity (Wildman–Crippen MR) is 62.7 cm³/mol. The Hall–Kier alpha value is -1.05. The van der Waals surface area contributed by atoms with Crippen LogP contribution >= 0.6 is 0 Å². The molecule has 0 aliphatic heterocycles. The van der Waals surface area contributed by atoms with Gasteiger partial charge in [-0.25, -0.2) is 0 Å². The second-order valence-corrected chi connectivity index (χ2v) is 3.83. The molecular weight excluding hydrogens is 204 g/mol. The molecule has 1 rings (SSSR count). The molecule has 1 unspecified atom stereocenters. The van der Waals surface area contributed by atoms with Gasteiger partial charge in [0.25, 0.3) is 0 Å². The molecule has 4 nitrogen and oxygen atoms in total. The summed E-state index contributed by atoms with van der Waals surface area (Å²) in [5.74, 6) is 6.08. The Balaban J connectivity index is 2.13. The maximum atomic E-state index is 10.8. The third-order valence-corrected chi connectivity index (χ3v) is 2.46. The standard InChI is InChI=1S/C12H20N2O2/c13-10-12(15)14-8-9-16-11-6-4-2-1-3-5-7-11/h11H,1-4,6,8-10,13H2,(H,14,15). The Kier molecular flexibility index (Phi) is 6.62. The van der Waals surface area contributed by atoms with Gasteiger partial charge in [-0.05, 0) is 19.3 Å². The number of carbonyl (C=O) groups is 1.